The molecule has 9 rings (SSSR count). The van der Waals surface area contributed by atoms with Crippen molar-refractivity contribution in [3.8, 4) is 0 Å². The van der Waals surface area contributed by atoms with E-state index in [1.54, 1.807) is 0 Å². The summed E-state index contributed by atoms with van der Waals surface area (Å²) in [6, 6.07) is 28.2. The average molecular weight is 555 g/mol. The molecule has 0 spiro atoms. The highest BCUT2D eigenvalue weighted by atomic mass is 15.0. The molecule has 4 heteroatoms. The Morgan fingerprint density at radius 3 is 1.55 bits per heavy atom. The molecule has 0 radical (unpaired) electrons. The van der Waals surface area contributed by atoms with Crippen LogP contribution in [0.2, 0.25) is 0 Å². The molecule has 4 aliphatic rings. The van der Waals surface area contributed by atoms with Crippen LogP contribution in [0.5, 0.6) is 0 Å². The van der Waals surface area contributed by atoms with Gasteiger partial charge in [0.1, 0.15) is 0 Å². The van der Waals surface area contributed by atoms with E-state index in [1.807, 2.05) is 0 Å². The van der Waals surface area contributed by atoms with Gasteiger partial charge in [0.05, 0.1) is 0 Å². The summed E-state index contributed by atoms with van der Waals surface area (Å²) in [7, 11) is 0. The molecule has 4 bridgehead atoms. The van der Waals surface area contributed by atoms with Crippen LogP contribution in [0.4, 0.5) is 0 Å². The van der Waals surface area contributed by atoms with E-state index in [2.05, 4.69) is 106 Å². The fraction of sp³-hybridized carbons (Fsp3) is 0.421. The van der Waals surface area contributed by atoms with Crippen LogP contribution < -0.4 is 10.6 Å². The molecule has 8 atom stereocenters. The van der Waals surface area contributed by atoms with Crippen molar-refractivity contribution in [1.82, 2.24) is 20.6 Å². The molecular weight excluding hydrogens is 512 g/mol. The number of rotatable bonds is 8. The second-order valence-corrected chi connectivity index (χ2v) is 13.9. The maximum Gasteiger partial charge on any atom is 0.0456 e. The number of para-hydroxylation sites is 2. The van der Waals surface area contributed by atoms with Gasteiger partial charge in [-0.1, -0.05) is 60.7 Å². The number of hydrogen-bond donors (Lipinski definition) is 4. The molecule has 5 aromatic rings. The zero-order valence-electron chi connectivity index (χ0n) is 24.4. The molecule has 0 saturated heterocycles. The Morgan fingerprint density at radius 2 is 1.02 bits per heavy atom. The first kappa shape index (κ1) is 25.2. The lowest BCUT2D eigenvalue weighted by atomic mass is 9.79. The molecule has 0 aliphatic heterocycles. The number of hydrogen-bond acceptors (Lipinski definition) is 2. The second-order valence-electron chi connectivity index (χ2n) is 13.9. The van der Waals surface area contributed by atoms with Crippen molar-refractivity contribution in [3.63, 3.8) is 0 Å². The summed E-state index contributed by atoms with van der Waals surface area (Å²) in [5.41, 5.74) is 8.44. The average Bonchev–Trinajstić information content (AvgIpc) is 3.88. The quantitative estimate of drug-likeness (QED) is 0.157. The zero-order valence-corrected chi connectivity index (χ0v) is 24.4. The smallest absolute Gasteiger partial charge is 0.0456 e. The Bertz CT molecular complexity index is 1610. The van der Waals surface area contributed by atoms with E-state index in [4.69, 9.17) is 0 Å². The Hall–Kier alpha value is -3.34. The van der Waals surface area contributed by atoms with E-state index in [-0.39, 0.29) is 0 Å². The number of fused-ring (bicyclic) bond motifs is 6. The molecular formula is C38H42N4. The van der Waals surface area contributed by atoms with Gasteiger partial charge in [-0.2, -0.15) is 0 Å². The van der Waals surface area contributed by atoms with Crippen LogP contribution >= 0.6 is 0 Å². The van der Waals surface area contributed by atoms with Gasteiger partial charge in [-0.25, -0.2) is 0 Å². The third kappa shape index (κ3) is 4.10. The van der Waals surface area contributed by atoms with E-state index < -0.39 is 0 Å². The largest absolute Gasteiger partial charge is 0.361 e. The lowest BCUT2D eigenvalue weighted by Gasteiger charge is -2.32. The SMILES string of the molecule is c1cc(CN[C@@H]2[C@@H]3CC[C@@H](C3)[C@H]2c2c[nH]c3ccccc23)cc(CN[C@H]2[C@H]3CC[C@H](C3)[C@@H]2c2c[nH]c3ccccc23)c1. The molecule has 2 heterocycles. The summed E-state index contributed by atoms with van der Waals surface area (Å²) in [6.45, 7) is 1.90. The summed E-state index contributed by atoms with van der Waals surface area (Å²) in [5, 5.41) is 11.0. The number of H-pyrrole nitrogens is 2. The molecule has 4 N–H and O–H groups in total. The van der Waals surface area contributed by atoms with Gasteiger partial charge in [0.15, 0.2) is 0 Å². The van der Waals surface area contributed by atoms with Gasteiger partial charge >= 0.3 is 0 Å². The normalized spacial score (nSPS) is 31.6. The van der Waals surface area contributed by atoms with Gasteiger partial charge in [-0.3, -0.25) is 0 Å². The lowest BCUT2D eigenvalue weighted by molar-refractivity contribution is 0.309. The Morgan fingerprint density at radius 1 is 0.548 bits per heavy atom. The molecule has 0 amide bonds. The fourth-order valence-corrected chi connectivity index (χ4v) is 10.1. The second kappa shape index (κ2) is 10.1. The van der Waals surface area contributed by atoms with Crippen molar-refractivity contribution >= 4 is 21.8 Å². The molecule has 4 saturated carbocycles. The van der Waals surface area contributed by atoms with Crippen molar-refractivity contribution in [2.75, 3.05) is 0 Å². The van der Waals surface area contributed by atoms with Crippen molar-refractivity contribution in [2.45, 2.75) is 75.5 Å². The summed E-state index contributed by atoms with van der Waals surface area (Å²) < 4.78 is 0. The van der Waals surface area contributed by atoms with Crippen LogP contribution in [0, 0.1) is 23.7 Å². The molecule has 0 unspecified atom stereocenters. The van der Waals surface area contributed by atoms with Crippen molar-refractivity contribution < 1.29 is 0 Å². The maximum atomic E-state index is 4.08. The minimum Gasteiger partial charge on any atom is -0.361 e. The molecule has 3 aromatic carbocycles. The highest BCUT2D eigenvalue weighted by Gasteiger charge is 2.49. The van der Waals surface area contributed by atoms with Crippen LogP contribution in [-0.4, -0.2) is 22.1 Å². The van der Waals surface area contributed by atoms with Crippen LogP contribution in [0.15, 0.2) is 85.2 Å². The molecule has 42 heavy (non-hydrogen) atoms. The van der Waals surface area contributed by atoms with Gasteiger partial charge in [0, 0.05) is 71.2 Å². The monoisotopic (exact) mass is 554 g/mol. The first-order chi connectivity index (χ1) is 20.8. The minimum atomic E-state index is 0.565. The van der Waals surface area contributed by atoms with Crippen molar-refractivity contribution in [3.05, 3.63) is 107 Å². The minimum absolute atomic E-state index is 0.565. The predicted molar refractivity (Wildman–Crippen MR) is 171 cm³/mol. The predicted octanol–water partition coefficient (Wildman–Crippen LogP) is 7.99. The lowest BCUT2D eigenvalue weighted by Crippen LogP contribution is -2.39. The molecule has 2 aromatic heterocycles. The van der Waals surface area contributed by atoms with Gasteiger partial charge in [-0.05, 0) is 96.6 Å². The van der Waals surface area contributed by atoms with Crippen LogP contribution in [-0.2, 0) is 13.1 Å². The molecule has 4 aliphatic carbocycles. The summed E-state index contributed by atoms with van der Waals surface area (Å²) in [5.74, 6) is 4.46. The van der Waals surface area contributed by atoms with Crippen LogP contribution in [0.25, 0.3) is 21.8 Å². The standard InChI is InChI=1S/C38H42N4/c1-3-10-33-29(8-1)31(21-39-33)35-25-12-14-27(17-25)37(35)41-19-23-6-5-7-24(16-23)20-42-38-28-15-13-26(18-28)36(38)32-22-40-34-11-4-2-9-30(32)34/h1-11,16,21-22,25-28,35-42H,12-15,17-20H2/t25-,26+,27+,28-,35-,36+,37+,38-. The van der Waals surface area contributed by atoms with E-state index in [9.17, 15) is 0 Å². The van der Waals surface area contributed by atoms with Crippen molar-refractivity contribution in [1.29, 1.82) is 0 Å². The van der Waals surface area contributed by atoms with E-state index in [0.717, 1.165) is 36.8 Å². The number of aromatic nitrogens is 2. The van der Waals surface area contributed by atoms with Crippen molar-refractivity contribution in [2.24, 2.45) is 23.7 Å². The van der Waals surface area contributed by atoms with Gasteiger partial charge in [-0.15, -0.1) is 0 Å². The highest BCUT2D eigenvalue weighted by Crippen LogP contribution is 2.55. The third-order valence-corrected chi connectivity index (χ3v) is 11.9. The third-order valence-electron chi connectivity index (χ3n) is 11.9. The number of benzene rings is 3. The van der Waals surface area contributed by atoms with Gasteiger partial charge < -0.3 is 20.6 Å². The first-order valence-electron chi connectivity index (χ1n) is 16.5. The van der Waals surface area contributed by atoms with E-state index >= 15 is 0 Å². The topological polar surface area (TPSA) is 55.6 Å². The van der Waals surface area contributed by atoms with E-state index in [0.29, 0.717) is 23.9 Å². The number of aromatic amines is 2. The van der Waals surface area contributed by atoms with Crippen LogP contribution in [0.3, 0.4) is 0 Å². The number of nitrogens with one attached hydrogen (secondary N) is 4. The Kier molecular flexibility index (Phi) is 6.08. The Balaban J connectivity index is 0.902. The van der Waals surface area contributed by atoms with E-state index in [1.165, 1.54) is 82.6 Å². The van der Waals surface area contributed by atoms with Crippen LogP contribution in [0.1, 0.15) is 72.6 Å². The maximum absolute atomic E-state index is 4.08. The molecule has 4 nitrogen and oxygen atoms in total. The van der Waals surface area contributed by atoms with Gasteiger partial charge in [0.2, 0.25) is 0 Å². The summed E-state index contributed by atoms with van der Waals surface area (Å²) in [4.78, 5) is 7.11. The van der Waals surface area contributed by atoms with Gasteiger partial charge in [0.25, 0.3) is 0 Å². The first-order valence-corrected chi connectivity index (χ1v) is 16.5. The molecule has 214 valence electrons. The summed E-state index contributed by atoms with van der Waals surface area (Å²) >= 11 is 0. The fourth-order valence-electron chi connectivity index (χ4n) is 10.1. The summed E-state index contributed by atoms with van der Waals surface area (Å²) in [6.07, 6.45) is 12.9. The molecule has 4 fully saturated rings. The Labute approximate surface area is 248 Å². The zero-order chi connectivity index (χ0) is 27.6. The highest BCUT2D eigenvalue weighted by molar-refractivity contribution is 5.84.